The van der Waals surface area contributed by atoms with E-state index in [-0.39, 0.29) is 33.0 Å². The molecule has 272 valence electrons. The van der Waals surface area contributed by atoms with Gasteiger partial charge in [-0.15, -0.1) is 0 Å². The Morgan fingerprint density at radius 2 is 1.32 bits per heavy atom. The highest BCUT2D eigenvalue weighted by Gasteiger charge is 2.16. The van der Waals surface area contributed by atoms with Crippen molar-refractivity contribution in [2.24, 2.45) is 0 Å². The van der Waals surface area contributed by atoms with E-state index < -0.39 is 11.9 Å². The number of hydrogen-bond acceptors (Lipinski definition) is 7. The Morgan fingerprint density at radius 1 is 0.760 bits per heavy atom. The molecule has 1 N–H and O–H groups in total. The quantitative estimate of drug-likeness (QED) is 0.0483. The molecule has 7 heteroatoms. The molecule has 0 saturated carbocycles. The van der Waals surface area contributed by atoms with Crippen molar-refractivity contribution >= 4 is 11.9 Å². The number of benzene rings is 2. The third kappa shape index (κ3) is 15.9. The smallest absolute Gasteiger partial charge is 0.333 e. The summed E-state index contributed by atoms with van der Waals surface area (Å²) < 4.78 is 23.2. The van der Waals surface area contributed by atoms with Crippen molar-refractivity contribution in [2.45, 2.75) is 91.9 Å². The zero-order chi connectivity index (χ0) is 36.7. The van der Waals surface area contributed by atoms with Gasteiger partial charge < -0.3 is 24.1 Å². The number of rotatable bonds is 25. The molecule has 0 unspecified atom stereocenters. The molecule has 2 aromatic carbocycles. The lowest BCUT2D eigenvalue weighted by molar-refractivity contribution is -0.140. The van der Waals surface area contributed by atoms with Crippen molar-refractivity contribution in [3.05, 3.63) is 119 Å². The molecule has 0 aliphatic heterocycles. The molecule has 0 spiro atoms. The second-order valence-corrected chi connectivity index (χ2v) is 12.5. The highest BCUT2D eigenvalue weighted by molar-refractivity contribution is 5.87. The van der Waals surface area contributed by atoms with Crippen molar-refractivity contribution < 1.29 is 33.6 Å². The number of aryl methyl sites for hydroxylation is 3. The summed E-state index contributed by atoms with van der Waals surface area (Å²) in [6.07, 6.45) is 14.9. The third-order valence-corrected chi connectivity index (χ3v) is 8.08. The molecule has 0 atom stereocenters. The van der Waals surface area contributed by atoms with E-state index in [0.29, 0.717) is 41.9 Å². The average Bonchev–Trinajstić information content (AvgIpc) is 3.10. The van der Waals surface area contributed by atoms with Gasteiger partial charge in [0.25, 0.3) is 0 Å². The van der Waals surface area contributed by atoms with Gasteiger partial charge in [-0.2, -0.15) is 0 Å². The normalized spacial score (nSPS) is 11.5. The van der Waals surface area contributed by atoms with E-state index in [2.05, 4.69) is 63.9 Å². The van der Waals surface area contributed by atoms with Crippen LogP contribution in [-0.2, 0) is 44.7 Å². The van der Waals surface area contributed by atoms with Crippen molar-refractivity contribution in [1.82, 2.24) is 0 Å². The van der Waals surface area contributed by atoms with E-state index in [0.717, 1.165) is 42.4 Å². The standard InChI is InChI=1S/C43H58O7/c1-8-11-12-15-35-17-19-36(20-18-35)21-22-38-30-41(48-25-27-50-43(46)33(6)7)39(31-40(38)47-24-26-49-42(45)32(4)5)29-34(10-3)28-37(14-9-2)16-13-23-44/h9,14,17-20,28,30-31,44H,2,4,6,8,10-13,15-16,21-27,29H2,1,3,5,7H3/b34-28-,37-14-. The second-order valence-electron chi connectivity index (χ2n) is 12.5. The zero-order valence-corrected chi connectivity index (χ0v) is 30.8. The summed E-state index contributed by atoms with van der Waals surface area (Å²) in [4.78, 5) is 24.0. The lowest BCUT2D eigenvalue weighted by Crippen LogP contribution is -2.15. The Bertz CT molecular complexity index is 1460. The van der Waals surface area contributed by atoms with Gasteiger partial charge in [-0.3, -0.25) is 0 Å². The maximum Gasteiger partial charge on any atom is 0.333 e. The van der Waals surface area contributed by atoms with Gasteiger partial charge in [0.1, 0.15) is 37.9 Å². The summed E-state index contributed by atoms with van der Waals surface area (Å²) in [5.41, 5.74) is 7.38. The molecule has 0 bridgehead atoms. The Morgan fingerprint density at radius 3 is 1.84 bits per heavy atom. The van der Waals surface area contributed by atoms with Crippen LogP contribution in [0.15, 0.2) is 96.7 Å². The third-order valence-electron chi connectivity index (χ3n) is 8.08. The Hall–Kier alpha value is -4.36. The number of allylic oxidation sites excluding steroid dienone is 5. The first-order chi connectivity index (χ1) is 24.1. The average molecular weight is 687 g/mol. The van der Waals surface area contributed by atoms with Crippen LogP contribution < -0.4 is 9.47 Å². The number of hydrogen-bond donors (Lipinski definition) is 1. The molecule has 0 amide bonds. The first-order valence-electron chi connectivity index (χ1n) is 17.9. The van der Waals surface area contributed by atoms with Crippen molar-refractivity contribution in [3.63, 3.8) is 0 Å². The molecule has 0 radical (unpaired) electrons. The zero-order valence-electron chi connectivity index (χ0n) is 30.8. The largest absolute Gasteiger partial charge is 0.490 e. The molecular weight excluding hydrogens is 628 g/mol. The highest BCUT2D eigenvalue weighted by atomic mass is 16.6. The van der Waals surface area contributed by atoms with E-state index in [9.17, 15) is 14.7 Å². The first kappa shape index (κ1) is 41.8. The summed E-state index contributed by atoms with van der Waals surface area (Å²) in [6, 6.07) is 12.9. The number of carbonyl (C=O) groups excluding carboxylic acids is 2. The predicted molar refractivity (Wildman–Crippen MR) is 203 cm³/mol. The van der Waals surface area contributed by atoms with Gasteiger partial charge in [0, 0.05) is 23.3 Å². The van der Waals surface area contributed by atoms with Crippen LogP contribution in [0.4, 0.5) is 0 Å². The SMILES string of the molecule is C=C/C=C(\C=C(\CC)Cc1cc(OCCOC(=O)C(=C)C)c(CCc2ccc(CCCCC)cc2)cc1OCCOC(=O)C(=C)C)CCCO. The molecule has 0 aromatic heterocycles. The lowest BCUT2D eigenvalue weighted by Gasteiger charge is -2.19. The summed E-state index contributed by atoms with van der Waals surface area (Å²) >= 11 is 0. The fourth-order valence-electron chi connectivity index (χ4n) is 5.22. The Kier molecular flexibility index (Phi) is 20.0. The van der Waals surface area contributed by atoms with Crippen LogP contribution in [0, 0.1) is 0 Å². The lowest BCUT2D eigenvalue weighted by atomic mass is 9.95. The van der Waals surface area contributed by atoms with Crippen molar-refractivity contribution in [2.75, 3.05) is 33.0 Å². The topological polar surface area (TPSA) is 91.3 Å². The minimum Gasteiger partial charge on any atom is -0.490 e. The molecule has 2 aromatic rings. The van der Waals surface area contributed by atoms with Gasteiger partial charge in [-0.05, 0) is 99.6 Å². The summed E-state index contributed by atoms with van der Waals surface area (Å²) in [5, 5.41) is 9.41. The van der Waals surface area contributed by atoms with Gasteiger partial charge in [0.15, 0.2) is 0 Å². The van der Waals surface area contributed by atoms with Gasteiger partial charge in [0.2, 0.25) is 0 Å². The molecule has 0 fully saturated rings. The van der Waals surface area contributed by atoms with Crippen LogP contribution in [0.5, 0.6) is 11.5 Å². The number of ether oxygens (including phenoxy) is 4. The van der Waals surface area contributed by atoms with E-state index in [1.165, 1.54) is 36.0 Å². The summed E-state index contributed by atoms with van der Waals surface area (Å²) in [6.45, 7) is 19.3. The molecular formula is C43H58O7. The number of carbonyl (C=O) groups is 2. The van der Waals surface area contributed by atoms with Gasteiger partial charge in [-0.25, -0.2) is 9.59 Å². The molecule has 0 aliphatic carbocycles. The molecule has 2 rings (SSSR count). The minimum atomic E-state index is -0.456. The molecule has 0 heterocycles. The fraction of sp³-hybridized carbons (Fsp3) is 0.442. The van der Waals surface area contributed by atoms with Crippen LogP contribution in [0.1, 0.15) is 88.5 Å². The monoisotopic (exact) mass is 686 g/mol. The van der Waals surface area contributed by atoms with Gasteiger partial charge in [-0.1, -0.05) is 94.5 Å². The summed E-state index contributed by atoms with van der Waals surface area (Å²) in [5.74, 6) is 0.470. The number of aliphatic hydroxyl groups is 1. The first-order valence-corrected chi connectivity index (χ1v) is 17.9. The molecule has 50 heavy (non-hydrogen) atoms. The van der Waals surface area contributed by atoms with E-state index in [1.54, 1.807) is 19.9 Å². The van der Waals surface area contributed by atoms with E-state index in [4.69, 9.17) is 18.9 Å². The molecule has 0 aliphatic rings. The van der Waals surface area contributed by atoms with Crippen LogP contribution in [0.2, 0.25) is 0 Å². The number of esters is 2. The number of unbranched alkanes of at least 4 members (excludes halogenated alkanes) is 2. The van der Waals surface area contributed by atoms with Crippen LogP contribution >= 0.6 is 0 Å². The Balaban J connectivity index is 2.46. The molecule has 7 nitrogen and oxygen atoms in total. The van der Waals surface area contributed by atoms with E-state index in [1.807, 2.05) is 18.2 Å². The molecule has 0 saturated heterocycles. The highest BCUT2D eigenvalue weighted by Crippen LogP contribution is 2.33. The second kappa shape index (κ2) is 23.9. The predicted octanol–water partition coefficient (Wildman–Crippen LogP) is 8.96. The Labute approximate surface area is 300 Å². The van der Waals surface area contributed by atoms with Crippen molar-refractivity contribution in [3.8, 4) is 11.5 Å². The minimum absolute atomic E-state index is 0.0846. The van der Waals surface area contributed by atoms with Crippen LogP contribution in [0.3, 0.4) is 0 Å². The van der Waals surface area contributed by atoms with Gasteiger partial charge >= 0.3 is 11.9 Å². The van der Waals surface area contributed by atoms with Gasteiger partial charge in [0.05, 0.1) is 0 Å². The summed E-state index contributed by atoms with van der Waals surface area (Å²) in [7, 11) is 0. The maximum absolute atomic E-state index is 12.0. The maximum atomic E-state index is 12.0. The van der Waals surface area contributed by atoms with Crippen molar-refractivity contribution in [1.29, 1.82) is 0 Å². The fourth-order valence-corrected chi connectivity index (χ4v) is 5.22. The number of aliphatic hydroxyl groups excluding tert-OH is 1. The van der Waals surface area contributed by atoms with E-state index >= 15 is 0 Å². The van der Waals surface area contributed by atoms with Crippen LogP contribution in [0.25, 0.3) is 0 Å². The van der Waals surface area contributed by atoms with Crippen LogP contribution in [-0.4, -0.2) is 50.1 Å².